The van der Waals surface area contributed by atoms with Gasteiger partial charge in [0.2, 0.25) is 0 Å². The molecule has 2 aromatic rings. The van der Waals surface area contributed by atoms with Gasteiger partial charge in [0.1, 0.15) is 0 Å². The van der Waals surface area contributed by atoms with E-state index in [9.17, 15) is 23.1 Å². The molecule has 3 rings (SSSR count). The summed E-state index contributed by atoms with van der Waals surface area (Å²) in [5, 5.41) is 10.1. The third-order valence-corrected chi connectivity index (χ3v) is 6.51. The Balaban J connectivity index is 1.71. The van der Waals surface area contributed by atoms with E-state index in [4.69, 9.17) is 0 Å². The molecule has 1 aliphatic rings. The second-order valence-corrected chi connectivity index (χ2v) is 8.24. The average molecular weight is 435 g/mol. The number of carbonyl (C=O) groups is 1. The molecule has 1 aromatic heterocycles. The van der Waals surface area contributed by atoms with Crippen molar-refractivity contribution in [3.8, 4) is 0 Å². The van der Waals surface area contributed by atoms with Gasteiger partial charge in [0, 0.05) is 42.2 Å². The van der Waals surface area contributed by atoms with Crippen LogP contribution in [0.25, 0.3) is 0 Å². The van der Waals surface area contributed by atoms with E-state index in [1.807, 2.05) is 6.92 Å². The number of halogens is 3. The summed E-state index contributed by atoms with van der Waals surface area (Å²) in [6, 6.07) is 5.71. The molecule has 31 heavy (non-hydrogen) atoms. The van der Waals surface area contributed by atoms with Crippen molar-refractivity contribution in [3.63, 3.8) is 0 Å². The summed E-state index contributed by atoms with van der Waals surface area (Å²) in [7, 11) is 0. The summed E-state index contributed by atoms with van der Waals surface area (Å²) in [5.74, 6) is -1.76. The molecule has 1 aromatic carbocycles. The van der Waals surface area contributed by atoms with Crippen molar-refractivity contribution in [2.24, 2.45) is 0 Å². The molecule has 8 heteroatoms. The number of rotatable bonds is 6. The van der Waals surface area contributed by atoms with Gasteiger partial charge in [-0.1, -0.05) is 12.1 Å². The van der Waals surface area contributed by atoms with Gasteiger partial charge in [-0.25, -0.2) is 0 Å². The summed E-state index contributed by atoms with van der Waals surface area (Å²) < 4.78 is 38.8. The van der Waals surface area contributed by atoms with Crippen molar-refractivity contribution < 1.29 is 23.1 Å². The highest BCUT2D eigenvalue weighted by Crippen LogP contribution is 2.40. The zero-order chi connectivity index (χ0) is 22.6. The van der Waals surface area contributed by atoms with Crippen LogP contribution >= 0.6 is 0 Å². The first kappa shape index (κ1) is 23.2. The number of hydrogen-bond donors (Lipinski definition) is 1. The lowest BCUT2D eigenvalue weighted by molar-refractivity contribution is -0.146. The highest BCUT2D eigenvalue weighted by atomic mass is 19.4. The van der Waals surface area contributed by atoms with E-state index in [0.717, 1.165) is 12.6 Å². The highest BCUT2D eigenvalue weighted by Gasteiger charge is 2.40. The Bertz CT molecular complexity index is 864. The first-order valence-corrected chi connectivity index (χ1v) is 10.6. The number of aromatic nitrogens is 2. The van der Waals surface area contributed by atoms with Crippen LogP contribution in [-0.2, 0) is 5.41 Å². The van der Waals surface area contributed by atoms with Crippen molar-refractivity contribution in [3.05, 3.63) is 59.7 Å². The number of amides is 1. The normalized spacial score (nSPS) is 22.7. The van der Waals surface area contributed by atoms with Crippen LogP contribution in [0, 0.1) is 0 Å². The minimum Gasteiger partial charge on any atom is -0.395 e. The fourth-order valence-electron chi connectivity index (χ4n) is 4.37. The van der Waals surface area contributed by atoms with Gasteiger partial charge < -0.3 is 10.0 Å². The second-order valence-electron chi connectivity index (χ2n) is 8.24. The minimum absolute atomic E-state index is 0.00243. The maximum absolute atomic E-state index is 13.1. The van der Waals surface area contributed by atoms with Gasteiger partial charge in [0.25, 0.3) is 5.91 Å². The molecule has 0 saturated heterocycles. The molecule has 1 heterocycles. The molecule has 5 nitrogen and oxygen atoms in total. The van der Waals surface area contributed by atoms with Crippen molar-refractivity contribution in [2.75, 3.05) is 13.2 Å². The summed E-state index contributed by atoms with van der Waals surface area (Å²) >= 11 is 0. The number of aliphatic hydroxyl groups excluding tert-OH is 1. The molecule has 1 saturated carbocycles. The molecule has 1 atom stereocenters. The average Bonchev–Trinajstić information content (AvgIpc) is 2.79. The molecule has 1 aliphatic carbocycles. The van der Waals surface area contributed by atoms with E-state index >= 15 is 0 Å². The Labute approximate surface area is 180 Å². The Morgan fingerprint density at radius 3 is 2.35 bits per heavy atom. The van der Waals surface area contributed by atoms with Crippen molar-refractivity contribution in [2.45, 2.75) is 63.1 Å². The number of alkyl halides is 3. The third-order valence-electron chi connectivity index (χ3n) is 6.51. The number of aliphatic hydroxyl groups is 1. The second kappa shape index (κ2) is 9.34. The maximum Gasteiger partial charge on any atom is 0.395 e. The van der Waals surface area contributed by atoms with E-state index in [0.29, 0.717) is 37.8 Å². The monoisotopic (exact) mass is 435 g/mol. The zero-order valence-corrected chi connectivity index (χ0v) is 17.8. The fourth-order valence-corrected chi connectivity index (χ4v) is 4.37. The van der Waals surface area contributed by atoms with Crippen molar-refractivity contribution in [1.29, 1.82) is 0 Å². The summed E-state index contributed by atoms with van der Waals surface area (Å²) in [5.41, 5.74) is 0.830. The smallest absolute Gasteiger partial charge is 0.395 e. The number of nitrogens with zero attached hydrogens (tertiary/aromatic N) is 3. The van der Waals surface area contributed by atoms with Gasteiger partial charge in [0.15, 0.2) is 0 Å². The van der Waals surface area contributed by atoms with Crippen molar-refractivity contribution in [1.82, 2.24) is 14.9 Å². The van der Waals surface area contributed by atoms with Crippen LogP contribution in [0.1, 0.15) is 67.1 Å². The summed E-state index contributed by atoms with van der Waals surface area (Å²) in [6.45, 7) is 3.48. The Kier molecular flexibility index (Phi) is 6.99. The summed E-state index contributed by atoms with van der Waals surface area (Å²) in [6.07, 6.45) is 3.35. The lowest BCUT2D eigenvalue weighted by atomic mass is 9.70. The lowest BCUT2D eigenvalue weighted by Crippen LogP contribution is -2.46. The molecule has 0 aliphatic heterocycles. The Hall–Kier alpha value is -2.48. The zero-order valence-electron chi connectivity index (χ0n) is 17.8. The van der Waals surface area contributed by atoms with Gasteiger partial charge in [-0.2, -0.15) is 13.2 Å². The van der Waals surface area contributed by atoms with E-state index in [1.165, 1.54) is 24.3 Å². The standard InChI is InChI=1S/C23H28F3N3O2/c1-3-29(21(31)18-6-4-17(5-7-18)16(2)23(24,25)26)19-8-10-22(15-30,11-9-19)20-14-27-12-13-28-20/h4-7,12-14,16,19,30H,3,8-11,15H2,1-2H3/t16-,19?,22?/m1/s1. The van der Waals surface area contributed by atoms with Crippen LogP contribution in [0.2, 0.25) is 0 Å². The van der Waals surface area contributed by atoms with Crippen LogP contribution in [0.5, 0.6) is 0 Å². The van der Waals surface area contributed by atoms with Crippen LogP contribution in [-0.4, -0.2) is 51.3 Å². The van der Waals surface area contributed by atoms with Crippen LogP contribution in [0.3, 0.4) is 0 Å². The van der Waals surface area contributed by atoms with Gasteiger partial charge in [-0.05, 0) is 57.2 Å². The molecule has 1 N–H and O–H groups in total. The quantitative estimate of drug-likeness (QED) is 0.727. The number of benzene rings is 1. The first-order chi connectivity index (χ1) is 14.7. The van der Waals surface area contributed by atoms with E-state index in [2.05, 4.69) is 9.97 Å². The van der Waals surface area contributed by atoms with E-state index in [-0.39, 0.29) is 24.1 Å². The van der Waals surface area contributed by atoms with Gasteiger partial charge in [-0.3, -0.25) is 14.8 Å². The largest absolute Gasteiger partial charge is 0.395 e. The highest BCUT2D eigenvalue weighted by molar-refractivity contribution is 5.94. The van der Waals surface area contributed by atoms with Crippen molar-refractivity contribution >= 4 is 5.91 Å². The van der Waals surface area contributed by atoms with Crippen LogP contribution < -0.4 is 0 Å². The molecule has 0 bridgehead atoms. The molecule has 1 fully saturated rings. The third kappa shape index (κ3) is 4.89. The Morgan fingerprint density at radius 2 is 1.87 bits per heavy atom. The lowest BCUT2D eigenvalue weighted by Gasteiger charge is -2.42. The predicted molar refractivity (Wildman–Crippen MR) is 111 cm³/mol. The Morgan fingerprint density at radius 1 is 1.23 bits per heavy atom. The van der Waals surface area contributed by atoms with E-state index < -0.39 is 17.5 Å². The predicted octanol–water partition coefficient (Wildman–Crippen LogP) is 4.48. The van der Waals surface area contributed by atoms with Gasteiger partial charge in [0.05, 0.1) is 18.2 Å². The molecule has 0 unspecified atom stereocenters. The molecule has 0 spiro atoms. The molecular weight excluding hydrogens is 407 g/mol. The fraction of sp³-hybridized carbons (Fsp3) is 0.522. The van der Waals surface area contributed by atoms with Gasteiger partial charge >= 0.3 is 6.18 Å². The first-order valence-electron chi connectivity index (χ1n) is 10.6. The van der Waals surface area contributed by atoms with Gasteiger partial charge in [-0.15, -0.1) is 0 Å². The van der Waals surface area contributed by atoms with E-state index in [1.54, 1.807) is 23.5 Å². The minimum atomic E-state index is -4.31. The molecule has 168 valence electrons. The van der Waals surface area contributed by atoms with Crippen LogP contribution in [0.4, 0.5) is 13.2 Å². The summed E-state index contributed by atoms with van der Waals surface area (Å²) in [4.78, 5) is 23.4. The number of hydrogen-bond acceptors (Lipinski definition) is 4. The topological polar surface area (TPSA) is 66.3 Å². The molecule has 0 radical (unpaired) electrons. The van der Waals surface area contributed by atoms with Crippen LogP contribution in [0.15, 0.2) is 42.9 Å². The molecule has 1 amide bonds. The molecular formula is C23H28F3N3O2. The SMILES string of the molecule is CCN(C(=O)c1ccc([C@@H](C)C(F)(F)F)cc1)C1CCC(CO)(c2cnccn2)CC1. The maximum atomic E-state index is 13.1. The number of carbonyl (C=O) groups excluding carboxylic acids is 1.